The number of urea groups is 1. The molecule has 54 heavy (non-hydrogen) atoms. The quantitative estimate of drug-likeness (QED) is 0.114. The van der Waals surface area contributed by atoms with Crippen LogP contribution in [0.5, 0.6) is 5.75 Å². The zero-order valence-corrected chi connectivity index (χ0v) is 30.5. The lowest BCUT2D eigenvalue weighted by molar-refractivity contribution is -0.136. The number of imidazole rings is 1. The van der Waals surface area contributed by atoms with Crippen LogP contribution in [0.1, 0.15) is 28.0 Å². The number of aliphatic imine (C=N–C) groups is 1. The smallest absolute Gasteiger partial charge is 0.338 e. The van der Waals surface area contributed by atoms with Crippen molar-refractivity contribution < 1.29 is 28.6 Å². The number of aromatic nitrogens is 3. The molecule has 16 heteroatoms. The first-order valence-corrected chi connectivity index (χ1v) is 18.3. The van der Waals surface area contributed by atoms with E-state index in [9.17, 15) is 19.1 Å². The van der Waals surface area contributed by atoms with Gasteiger partial charge in [0.25, 0.3) is 0 Å². The summed E-state index contributed by atoms with van der Waals surface area (Å²) in [7, 11) is 1.31. The van der Waals surface area contributed by atoms with Crippen molar-refractivity contribution in [2.45, 2.75) is 18.7 Å². The Morgan fingerprint density at radius 1 is 1.13 bits per heavy atom. The van der Waals surface area contributed by atoms with Crippen LogP contribution in [0.4, 0.5) is 14.9 Å². The number of aliphatic hydroxyl groups excluding tert-OH is 1. The molecule has 0 unspecified atom stereocenters. The van der Waals surface area contributed by atoms with Crippen molar-refractivity contribution in [3.8, 4) is 5.75 Å². The lowest BCUT2D eigenvalue weighted by Crippen LogP contribution is -2.53. The highest BCUT2D eigenvalue weighted by molar-refractivity contribution is 7.11. The van der Waals surface area contributed by atoms with Crippen LogP contribution in [0.15, 0.2) is 95.1 Å². The van der Waals surface area contributed by atoms with Crippen LogP contribution in [0.3, 0.4) is 0 Å². The number of nitrogens with one attached hydrogen (secondary N) is 2. The maximum Gasteiger partial charge on any atom is 0.338 e. The van der Waals surface area contributed by atoms with Crippen molar-refractivity contribution in [3.05, 3.63) is 123 Å². The average molecular weight is 769 g/mol. The van der Waals surface area contributed by atoms with Crippen LogP contribution >= 0.6 is 22.9 Å². The van der Waals surface area contributed by atoms with Crippen molar-refractivity contribution in [2.24, 2.45) is 4.99 Å². The lowest BCUT2D eigenvalue weighted by Gasteiger charge is -2.38. The molecular formula is C38H34ClFN8O5S. The molecule has 0 saturated carbocycles. The second-order valence-corrected chi connectivity index (χ2v) is 14.3. The molecule has 5 aromatic rings. The van der Waals surface area contributed by atoms with Crippen LogP contribution < -0.4 is 15.0 Å². The number of amides is 2. The minimum atomic E-state index is -0.866. The van der Waals surface area contributed by atoms with E-state index in [1.54, 1.807) is 35.4 Å². The van der Waals surface area contributed by atoms with Crippen molar-refractivity contribution in [1.29, 1.82) is 0 Å². The zero-order chi connectivity index (χ0) is 37.5. The number of anilines is 1. The number of benzene rings is 3. The number of carbonyl (C=O) groups excluding carboxylic acids is 2. The largest absolute Gasteiger partial charge is 0.508 e. The van der Waals surface area contributed by atoms with Crippen LogP contribution in [0.2, 0.25) is 5.02 Å². The SMILES string of the molecule is C=C(O)c1ccc(OCc2nc3ccc(N4C[C@@H]5CN(CC6=C(C(=O)OC)[C@H](c7ccc(F)cc7Cl)N=C(c7nccs7)N6)CCN5C4=O)cc3[nH]2)cc1. The van der Waals surface area contributed by atoms with Crippen molar-refractivity contribution >= 4 is 63.3 Å². The fourth-order valence-electron chi connectivity index (χ4n) is 7.00. The number of H-pyrrole nitrogens is 1. The Kier molecular flexibility index (Phi) is 9.52. The van der Waals surface area contributed by atoms with E-state index in [0.29, 0.717) is 72.0 Å². The number of thiazole rings is 1. The van der Waals surface area contributed by atoms with Gasteiger partial charge in [-0.2, -0.15) is 0 Å². The van der Waals surface area contributed by atoms with E-state index in [2.05, 4.69) is 31.7 Å². The predicted molar refractivity (Wildman–Crippen MR) is 203 cm³/mol. The van der Waals surface area contributed by atoms with Gasteiger partial charge in [-0.1, -0.05) is 24.2 Å². The number of halogens is 2. The van der Waals surface area contributed by atoms with Gasteiger partial charge in [0.15, 0.2) is 10.8 Å². The Hall–Kier alpha value is -5.77. The van der Waals surface area contributed by atoms with Gasteiger partial charge in [0.1, 0.15) is 35.8 Å². The summed E-state index contributed by atoms with van der Waals surface area (Å²) in [5.74, 6) is 0.616. The molecule has 2 aromatic heterocycles. The number of amidine groups is 1. The maximum atomic E-state index is 14.1. The number of hydrogen-bond acceptors (Lipinski definition) is 11. The molecule has 0 spiro atoms. The van der Waals surface area contributed by atoms with Gasteiger partial charge in [-0.25, -0.2) is 23.9 Å². The average Bonchev–Trinajstić information content (AvgIpc) is 3.93. The Morgan fingerprint density at radius 3 is 2.70 bits per heavy atom. The number of ether oxygens (including phenoxy) is 2. The number of fused-ring (bicyclic) bond motifs is 2. The van der Waals surface area contributed by atoms with Crippen molar-refractivity contribution in [2.75, 3.05) is 44.7 Å². The highest BCUT2D eigenvalue weighted by atomic mass is 35.5. The molecule has 276 valence electrons. The summed E-state index contributed by atoms with van der Waals surface area (Å²) in [4.78, 5) is 50.2. The first-order chi connectivity index (χ1) is 26.1. The summed E-state index contributed by atoms with van der Waals surface area (Å²) in [5, 5.41) is 15.5. The van der Waals surface area contributed by atoms with Gasteiger partial charge in [0.2, 0.25) is 0 Å². The van der Waals surface area contributed by atoms with Crippen LogP contribution in [-0.2, 0) is 16.1 Å². The number of hydrogen-bond donors (Lipinski definition) is 3. The predicted octanol–water partition coefficient (Wildman–Crippen LogP) is 6.06. The van der Waals surface area contributed by atoms with E-state index in [1.165, 1.54) is 36.6 Å². The Labute approximate surface area is 318 Å². The Bertz CT molecular complexity index is 2330. The molecule has 13 nitrogen and oxygen atoms in total. The molecule has 0 bridgehead atoms. The van der Waals surface area contributed by atoms with E-state index in [0.717, 1.165) is 16.7 Å². The van der Waals surface area contributed by atoms with Gasteiger partial charge in [-0.3, -0.25) is 14.8 Å². The first kappa shape index (κ1) is 35.3. The summed E-state index contributed by atoms with van der Waals surface area (Å²) in [6.45, 7) is 6.13. The molecule has 0 radical (unpaired) electrons. The molecule has 2 fully saturated rings. The van der Waals surface area contributed by atoms with E-state index in [-0.39, 0.29) is 35.0 Å². The number of rotatable bonds is 10. The number of esters is 1. The summed E-state index contributed by atoms with van der Waals surface area (Å²) >= 11 is 7.91. The second kappa shape index (κ2) is 14.6. The van der Waals surface area contributed by atoms with E-state index < -0.39 is 17.8 Å². The highest BCUT2D eigenvalue weighted by Gasteiger charge is 2.42. The normalized spacial score (nSPS) is 18.8. The van der Waals surface area contributed by atoms with Gasteiger partial charge < -0.3 is 29.8 Å². The van der Waals surface area contributed by atoms with Crippen molar-refractivity contribution in [3.63, 3.8) is 0 Å². The maximum absolute atomic E-state index is 14.1. The second-order valence-electron chi connectivity index (χ2n) is 13.0. The molecule has 8 rings (SSSR count). The number of aromatic amines is 1. The molecule has 5 heterocycles. The standard InChI is InChI=1S/C38H34ClFN8O5S/c1-21(49)22-3-7-26(8-4-22)53-20-32-42-29-10-6-24(16-30(29)43-32)48-18-25-17-46(12-13-47(25)38(48)51)19-31-33(37(50)52-2)34(27-9-5-23(40)15-28(27)39)45-35(44-31)36-41-11-14-54-36/h3-11,14-16,25,34,49H,1,12-13,17-20H2,2H3,(H,42,43)(H,44,45)/t25-,34-/m0/s1. The third-order valence-electron chi connectivity index (χ3n) is 9.63. The number of aliphatic hydroxyl groups is 1. The van der Waals surface area contributed by atoms with Gasteiger partial charge in [0.05, 0.1) is 29.8 Å². The third-order valence-corrected chi connectivity index (χ3v) is 10.7. The number of carbonyl (C=O) groups is 2. The number of piperazine rings is 1. The lowest BCUT2D eigenvalue weighted by atomic mass is 9.95. The highest BCUT2D eigenvalue weighted by Crippen LogP contribution is 2.37. The topological polar surface area (TPSA) is 149 Å². The number of methoxy groups -OCH3 is 1. The monoisotopic (exact) mass is 768 g/mol. The molecule has 3 N–H and O–H groups in total. The number of nitrogens with zero attached hydrogens (tertiary/aromatic N) is 6. The van der Waals surface area contributed by atoms with E-state index in [1.807, 2.05) is 28.5 Å². The summed E-state index contributed by atoms with van der Waals surface area (Å²) < 4.78 is 25.2. The van der Waals surface area contributed by atoms with E-state index in [4.69, 9.17) is 26.1 Å². The van der Waals surface area contributed by atoms with Crippen LogP contribution in [0, 0.1) is 5.82 Å². The van der Waals surface area contributed by atoms with Crippen LogP contribution in [-0.4, -0.2) is 93.6 Å². The summed E-state index contributed by atoms with van der Waals surface area (Å²) in [5.41, 5.74) is 4.18. The van der Waals surface area contributed by atoms with E-state index >= 15 is 0 Å². The van der Waals surface area contributed by atoms with Gasteiger partial charge >= 0.3 is 12.0 Å². The molecular weight excluding hydrogens is 735 g/mol. The summed E-state index contributed by atoms with van der Waals surface area (Å²) in [6, 6.07) is 15.6. The molecule has 0 aliphatic carbocycles. The molecule has 3 aromatic carbocycles. The zero-order valence-electron chi connectivity index (χ0n) is 29.0. The molecule has 3 aliphatic heterocycles. The molecule has 2 saturated heterocycles. The first-order valence-electron chi connectivity index (χ1n) is 17.1. The minimum absolute atomic E-state index is 0.0103. The third kappa shape index (κ3) is 6.88. The van der Waals surface area contributed by atoms with Gasteiger partial charge in [0, 0.05) is 71.8 Å². The Balaban J connectivity index is 0.992. The molecule has 2 amide bonds. The fraction of sp³-hybridized carbons (Fsp3) is 0.237. The summed E-state index contributed by atoms with van der Waals surface area (Å²) in [6.07, 6.45) is 1.67. The van der Waals surface area contributed by atoms with Gasteiger partial charge in [-0.05, 0) is 54.6 Å². The van der Waals surface area contributed by atoms with Crippen molar-refractivity contribution in [1.82, 2.24) is 30.1 Å². The fourth-order valence-corrected chi connectivity index (χ4v) is 7.86. The Morgan fingerprint density at radius 2 is 1.96 bits per heavy atom. The minimum Gasteiger partial charge on any atom is -0.508 e. The van der Waals surface area contributed by atoms with Crippen LogP contribution in [0.25, 0.3) is 16.8 Å². The molecule has 3 aliphatic rings. The molecule has 2 atom stereocenters. The van der Waals surface area contributed by atoms with Gasteiger partial charge in [-0.15, -0.1) is 11.3 Å².